The summed E-state index contributed by atoms with van der Waals surface area (Å²) in [5.74, 6) is -0.812. The molecule has 0 aromatic heterocycles. The lowest BCUT2D eigenvalue weighted by Crippen LogP contribution is -2.20. The second kappa shape index (κ2) is 6.26. The maximum Gasteiger partial charge on any atom is 0.340 e. The molecular formula is C16H17FN2O2. The Kier molecular flexibility index (Phi) is 4.42. The number of nitrogens with zero attached hydrogens (tertiary/aromatic N) is 1. The lowest BCUT2D eigenvalue weighted by Gasteiger charge is -2.21. The second-order valence-corrected chi connectivity index (χ2v) is 4.68. The lowest BCUT2D eigenvalue weighted by atomic mass is 10.0. The summed E-state index contributed by atoms with van der Waals surface area (Å²) in [6, 6.07) is 11.6. The van der Waals surface area contributed by atoms with E-state index in [1.165, 1.54) is 13.2 Å². The van der Waals surface area contributed by atoms with E-state index in [1.54, 1.807) is 48.3 Å². The van der Waals surface area contributed by atoms with Crippen molar-refractivity contribution in [1.29, 1.82) is 0 Å². The number of hydrogen-bond donors (Lipinski definition) is 1. The molecule has 0 aliphatic heterocycles. The number of nitrogen functional groups attached to an aromatic ring is 1. The summed E-state index contributed by atoms with van der Waals surface area (Å²) < 4.78 is 18.5. The highest BCUT2D eigenvalue weighted by Gasteiger charge is 2.17. The van der Waals surface area contributed by atoms with Crippen LogP contribution in [0.1, 0.15) is 15.9 Å². The molecule has 0 fully saturated rings. The maximum atomic E-state index is 13.8. The molecule has 0 saturated heterocycles. The van der Waals surface area contributed by atoms with Gasteiger partial charge in [0.05, 0.1) is 18.4 Å². The fourth-order valence-corrected chi connectivity index (χ4v) is 2.20. The number of anilines is 2. The zero-order chi connectivity index (χ0) is 15.4. The zero-order valence-corrected chi connectivity index (χ0v) is 12.0. The molecule has 2 N–H and O–H groups in total. The minimum Gasteiger partial charge on any atom is -0.465 e. The summed E-state index contributed by atoms with van der Waals surface area (Å²) in [7, 11) is 3.06. The molecule has 0 aliphatic rings. The van der Waals surface area contributed by atoms with Crippen molar-refractivity contribution in [3.05, 3.63) is 59.4 Å². The van der Waals surface area contributed by atoms with Gasteiger partial charge in [0.25, 0.3) is 0 Å². The Balaban J connectivity index is 2.34. The normalized spacial score (nSPS) is 10.2. The molecule has 2 aromatic carbocycles. The number of halogens is 1. The Hall–Kier alpha value is -2.56. The molecular weight excluding hydrogens is 271 g/mol. The summed E-state index contributed by atoms with van der Waals surface area (Å²) in [4.78, 5) is 13.6. The highest BCUT2D eigenvalue weighted by atomic mass is 19.1. The molecule has 0 spiro atoms. The fourth-order valence-electron chi connectivity index (χ4n) is 2.20. The average molecular weight is 288 g/mol. The average Bonchev–Trinajstić information content (AvgIpc) is 2.47. The van der Waals surface area contributed by atoms with Crippen LogP contribution in [0.5, 0.6) is 0 Å². The highest BCUT2D eigenvalue weighted by molar-refractivity contribution is 5.96. The summed E-state index contributed by atoms with van der Waals surface area (Å²) in [6.45, 7) is 0.344. The summed E-state index contributed by atoms with van der Waals surface area (Å²) in [6.07, 6.45) is 0. The Morgan fingerprint density at radius 2 is 1.95 bits per heavy atom. The first kappa shape index (κ1) is 14.8. The smallest absolute Gasteiger partial charge is 0.340 e. The molecule has 0 radical (unpaired) electrons. The van der Waals surface area contributed by atoms with Gasteiger partial charge < -0.3 is 15.4 Å². The third-order valence-corrected chi connectivity index (χ3v) is 3.24. The number of rotatable bonds is 4. The van der Waals surface area contributed by atoms with Crippen molar-refractivity contribution in [3.8, 4) is 0 Å². The van der Waals surface area contributed by atoms with Gasteiger partial charge in [0.2, 0.25) is 0 Å². The van der Waals surface area contributed by atoms with Crippen molar-refractivity contribution in [3.63, 3.8) is 0 Å². The van der Waals surface area contributed by atoms with Crippen LogP contribution in [0.15, 0.2) is 42.5 Å². The molecule has 0 atom stereocenters. The summed E-state index contributed by atoms with van der Waals surface area (Å²) >= 11 is 0. The van der Waals surface area contributed by atoms with Crippen molar-refractivity contribution < 1.29 is 13.9 Å². The number of benzene rings is 2. The molecule has 4 nitrogen and oxygen atoms in total. The number of para-hydroxylation sites is 1. The molecule has 0 heterocycles. The molecule has 0 unspecified atom stereocenters. The van der Waals surface area contributed by atoms with Crippen LogP contribution >= 0.6 is 0 Å². The van der Waals surface area contributed by atoms with Crippen LogP contribution < -0.4 is 10.6 Å². The monoisotopic (exact) mass is 288 g/mol. The van der Waals surface area contributed by atoms with E-state index in [1.807, 2.05) is 0 Å². The molecule has 0 bridgehead atoms. The summed E-state index contributed by atoms with van der Waals surface area (Å²) in [5, 5.41) is 0. The topological polar surface area (TPSA) is 55.6 Å². The van der Waals surface area contributed by atoms with E-state index >= 15 is 0 Å². The van der Waals surface area contributed by atoms with Crippen molar-refractivity contribution in [2.45, 2.75) is 6.54 Å². The van der Waals surface area contributed by atoms with Crippen LogP contribution in [-0.4, -0.2) is 20.1 Å². The quantitative estimate of drug-likeness (QED) is 0.694. The Bertz CT molecular complexity index is 658. The van der Waals surface area contributed by atoms with Crippen LogP contribution in [0.25, 0.3) is 0 Å². The Morgan fingerprint density at radius 1 is 1.24 bits per heavy atom. The minimum absolute atomic E-state index is 0.316. The van der Waals surface area contributed by atoms with E-state index < -0.39 is 5.97 Å². The maximum absolute atomic E-state index is 13.8. The molecule has 2 rings (SSSR count). The van der Waals surface area contributed by atoms with Crippen molar-refractivity contribution >= 4 is 17.3 Å². The Labute approximate surface area is 122 Å². The number of methoxy groups -OCH3 is 1. The van der Waals surface area contributed by atoms with Crippen LogP contribution in [-0.2, 0) is 11.3 Å². The van der Waals surface area contributed by atoms with Crippen molar-refractivity contribution in [1.82, 2.24) is 0 Å². The van der Waals surface area contributed by atoms with Crippen LogP contribution in [0.3, 0.4) is 0 Å². The number of ether oxygens (including phenoxy) is 1. The Morgan fingerprint density at radius 3 is 2.62 bits per heavy atom. The molecule has 5 heteroatoms. The number of carbonyl (C=O) groups is 1. The number of carbonyl (C=O) groups excluding carboxylic acids is 1. The van der Waals surface area contributed by atoms with Crippen molar-refractivity contribution in [2.24, 2.45) is 0 Å². The van der Waals surface area contributed by atoms with Crippen LogP contribution in [0.2, 0.25) is 0 Å². The van der Waals surface area contributed by atoms with Gasteiger partial charge in [-0.3, -0.25) is 0 Å². The van der Waals surface area contributed by atoms with E-state index in [9.17, 15) is 9.18 Å². The van der Waals surface area contributed by atoms with Gasteiger partial charge in [-0.15, -0.1) is 0 Å². The fraction of sp³-hybridized carbons (Fsp3) is 0.188. The lowest BCUT2D eigenvalue weighted by molar-refractivity contribution is 0.0600. The first-order valence-electron chi connectivity index (χ1n) is 6.46. The molecule has 2 aromatic rings. The molecule has 0 aliphatic carbocycles. The van der Waals surface area contributed by atoms with Gasteiger partial charge in [0.1, 0.15) is 5.82 Å². The molecule has 21 heavy (non-hydrogen) atoms. The molecule has 110 valence electrons. The number of hydrogen-bond acceptors (Lipinski definition) is 4. The van der Waals surface area contributed by atoms with E-state index in [2.05, 4.69) is 0 Å². The predicted molar refractivity (Wildman–Crippen MR) is 80.7 cm³/mol. The largest absolute Gasteiger partial charge is 0.465 e. The zero-order valence-electron chi connectivity index (χ0n) is 12.0. The second-order valence-electron chi connectivity index (χ2n) is 4.68. The van der Waals surface area contributed by atoms with Gasteiger partial charge in [-0.2, -0.15) is 0 Å². The summed E-state index contributed by atoms with van der Waals surface area (Å²) in [5.41, 5.74) is 7.66. The van der Waals surface area contributed by atoms with Gasteiger partial charge in [-0.05, 0) is 23.8 Å². The van der Waals surface area contributed by atoms with Gasteiger partial charge >= 0.3 is 5.97 Å². The van der Waals surface area contributed by atoms with Gasteiger partial charge in [0.15, 0.2) is 0 Å². The standard InChI is InChI=1S/C16H17FN2O2/c1-19(14-9-4-3-7-12(14)17)10-11-6-5-8-13(18)15(11)16(20)21-2/h3-9H,10,18H2,1-2H3. The molecule has 0 saturated carbocycles. The minimum atomic E-state index is -0.495. The van der Waals surface area contributed by atoms with E-state index in [4.69, 9.17) is 10.5 Å². The molecule has 0 amide bonds. The third kappa shape index (κ3) is 3.13. The third-order valence-electron chi connectivity index (χ3n) is 3.24. The van der Waals surface area contributed by atoms with Gasteiger partial charge in [0, 0.05) is 19.3 Å². The van der Waals surface area contributed by atoms with E-state index in [0.29, 0.717) is 29.0 Å². The number of nitrogens with two attached hydrogens (primary N) is 1. The van der Waals surface area contributed by atoms with Crippen LogP contribution in [0, 0.1) is 5.82 Å². The van der Waals surface area contributed by atoms with Gasteiger partial charge in [-0.25, -0.2) is 9.18 Å². The van der Waals surface area contributed by atoms with Crippen molar-refractivity contribution in [2.75, 3.05) is 24.8 Å². The first-order chi connectivity index (χ1) is 10.0. The predicted octanol–water partition coefficient (Wildman–Crippen LogP) is 2.83. The highest BCUT2D eigenvalue weighted by Crippen LogP contribution is 2.23. The van der Waals surface area contributed by atoms with Crippen LogP contribution in [0.4, 0.5) is 15.8 Å². The first-order valence-corrected chi connectivity index (χ1v) is 6.46. The van der Waals surface area contributed by atoms with Gasteiger partial charge in [-0.1, -0.05) is 24.3 Å². The van der Waals surface area contributed by atoms with E-state index in [0.717, 1.165) is 0 Å². The van der Waals surface area contributed by atoms with E-state index in [-0.39, 0.29) is 5.82 Å². The SMILES string of the molecule is COC(=O)c1c(N)cccc1CN(C)c1ccccc1F. The number of esters is 1.